The third-order valence-electron chi connectivity index (χ3n) is 3.67. The van der Waals surface area contributed by atoms with E-state index in [2.05, 4.69) is 10.3 Å². The Hall–Kier alpha value is -2.83. The molecule has 7 heteroatoms. The van der Waals surface area contributed by atoms with Crippen molar-refractivity contribution in [2.24, 2.45) is 0 Å². The van der Waals surface area contributed by atoms with Gasteiger partial charge in [0.15, 0.2) is 0 Å². The number of benzene rings is 1. The molecule has 24 heavy (non-hydrogen) atoms. The number of aryl methyl sites for hydroxylation is 1. The van der Waals surface area contributed by atoms with Crippen LogP contribution in [0.1, 0.15) is 16.8 Å². The smallest absolute Gasteiger partial charge is 0.326 e. The molecule has 0 atom stereocenters. The number of amides is 1. The highest BCUT2D eigenvalue weighted by molar-refractivity contribution is 5.92. The van der Waals surface area contributed by atoms with Gasteiger partial charge in [-0.1, -0.05) is 6.07 Å². The third kappa shape index (κ3) is 3.24. The number of nitrogens with one attached hydrogen (secondary N) is 1. The van der Waals surface area contributed by atoms with Crippen LogP contribution in [0.25, 0.3) is 5.65 Å². The summed E-state index contributed by atoms with van der Waals surface area (Å²) < 4.78 is 39.4. The summed E-state index contributed by atoms with van der Waals surface area (Å²) in [6.07, 6.45) is -0.881. The number of pyridine rings is 1. The number of carbonyl (C=O) groups is 1. The Morgan fingerprint density at radius 1 is 1.17 bits per heavy atom. The van der Waals surface area contributed by atoms with E-state index in [0.29, 0.717) is 5.69 Å². The molecule has 0 aliphatic carbocycles. The number of alkyl halides is 3. The van der Waals surface area contributed by atoms with Crippen molar-refractivity contribution in [3.63, 3.8) is 0 Å². The zero-order chi connectivity index (χ0) is 17.3. The number of aromatic nitrogens is 2. The predicted octanol–water partition coefficient (Wildman–Crippen LogP) is 3.84. The summed E-state index contributed by atoms with van der Waals surface area (Å²) in [5.74, 6) is -0.311. The van der Waals surface area contributed by atoms with Crippen molar-refractivity contribution in [2.45, 2.75) is 19.5 Å². The van der Waals surface area contributed by atoms with Gasteiger partial charge < -0.3 is 9.72 Å². The van der Waals surface area contributed by atoms with Gasteiger partial charge in [-0.3, -0.25) is 4.79 Å². The maximum absolute atomic E-state index is 12.5. The SMILES string of the molecule is Cc1ccc(CC(=O)Nc2ccc(C(F)(F)F)cc2)n2ccnc12. The molecule has 1 aromatic carbocycles. The highest BCUT2D eigenvalue weighted by atomic mass is 19.4. The molecule has 0 aliphatic heterocycles. The molecule has 0 fully saturated rings. The van der Waals surface area contributed by atoms with Crippen molar-refractivity contribution in [1.82, 2.24) is 9.38 Å². The molecule has 2 heterocycles. The molecule has 0 aliphatic rings. The number of halogens is 3. The fourth-order valence-corrected chi connectivity index (χ4v) is 2.46. The second kappa shape index (κ2) is 5.99. The van der Waals surface area contributed by atoms with Gasteiger partial charge >= 0.3 is 6.18 Å². The molecule has 1 N–H and O–H groups in total. The van der Waals surface area contributed by atoms with Gasteiger partial charge in [-0.25, -0.2) is 4.98 Å². The quantitative estimate of drug-likeness (QED) is 0.791. The molecule has 0 saturated heterocycles. The van der Waals surface area contributed by atoms with Gasteiger partial charge in [0, 0.05) is 23.8 Å². The summed E-state index contributed by atoms with van der Waals surface area (Å²) in [7, 11) is 0. The molecular weight excluding hydrogens is 319 g/mol. The molecular formula is C17H14F3N3O. The maximum atomic E-state index is 12.5. The van der Waals surface area contributed by atoms with Crippen LogP contribution < -0.4 is 5.32 Å². The highest BCUT2D eigenvalue weighted by Gasteiger charge is 2.29. The van der Waals surface area contributed by atoms with Gasteiger partial charge in [0.1, 0.15) is 5.65 Å². The van der Waals surface area contributed by atoms with Gasteiger partial charge in [-0.2, -0.15) is 13.2 Å². The number of imidazole rings is 1. The number of hydrogen-bond acceptors (Lipinski definition) is 2. The fraction of sp³-hybridized carbons (Fsp3) is 0.176. The van der Waals surface area contributed by atoms with E-state index in [1.54, 1.807) is 12.4 Å². The van der Waals surface area contributed by atoms with Gasteiger partial charge in [0.05, 0.1) is 12.0 Å². The minimum Gasteiger partial charge on any atom is -0.326 e. The largest absolute Gasteiger partial charge is 0.416 e. The lowest BCUT2D eigenvalue weighted by Gasteiger charge is -2.10. The van der Waals surface area contributed by atoms with Crippen molar-refractivity contribution < 1.29 is 18.0 Å². The highest BCUT2D eigenvalue weighted by Crippen LogP contribution is 2.29. The van der Waals surface area contributed by atoms with E-state index in [9.17, 15) is 18.0 Å². The molecule has 1 amide bonds. The van der Waals surface area contributed by atoms with Crippen LogP contribution in [0.5, 0.6) is 0 Å². The first-order valence-corrected chi connectivity index (χ1v) is 7.23. The number of nitrogens with zero attached hydrogens (tertiary/aromatic N) is 2. The first-order chi connectivity index (χ1) is 11.3. The van der Waals surface area contributed by atoms with Crippen LogP contribution in [0.15, 0.2) is 48.8 Å². The maximum Gasteiger partial charge on any atom is 0.416 e. The minimum absolute atomic E-state index is 0.0914. The Balaban J connectivity index is 1.73. The first kappa shape index (κ1) is 16.0. The van der Waals surface area contributed by atoms with Gasteiger partial charge in [0.2, 0.25) is 5.91 Å². The van der Waals surface area contributed by atoms with Crippen LogP contribution in [-0.2, 0) is 17.4 Å². The number of anilines is 1. The lowest BCUT2D eigenvalue weighted by atomic mass is 10.2. The van der Waals surface area contributed by atoms with Crippen LogP contribution in [-0.4, -0.2) is 15.3 Å². The van der Waals surface area contributed by atoms with Crippen LogP contribution in [0.4, 0.5) is 18.9 Å². The molecule has 3 rings (SSSR count). The summed E-state index contributed by atoms with van der Waals surface area (Å²) in [5, 5.41) is 2.60. The Morgan fingerprint density at radius 3 is 2.54 bits per heavy atom. The lowest BCUT2D eigenvalue weighted by Crippen LogP contribution is -2.16. The average Bonchev–Trinajstić information content (AvgIpc) is 3.00. The molecule has 0 unspecified atom stereocenters. The molecule has 3 aromatic rings. The molecule has 0 spiro atoms. The molecule has 0 radical (unpaired) electrons. The van der Waals surface area contributed by atoms with Crippen LogP contribution in [0.2, 0.25) is 0 Å². The number of fused-ring (bicyclic) bond motifs is 1. The predicted molar refractivity (Wildman–Crippen MR) is 83.7 cm³/mol. The summed E-state index contributed by atoms with van der Waals surface area (Å²) in [6, 6.07) is 8.07. The molecule has 4 nitrogen and oxygen atoms in total. The second-order valence-corrected chi connectivity index (χ2v) is 5.43. The lowest BCUT2D eigenvalue weighted by molar-refractivity contribution is -0.137. The fourth-order valence-electron chi connectivity index (χ4n) is 2.46. The summed E-state index contributed by atoms with van der Waals surface area (Å²) in [5.41, 5.74) is 2.08. The number of rotatable bonds is 3. The average molecular weight is 333 g/mol. The Morgan fingerprint density at radius 2 is 1.88 bits per heavy atom. The van der Waals surface area contributed by atoms with Crippen LogP contribution >= 0.6 is 0 Å². The summed E-state index contributed by atoms with van der Waals surface area (Å²) in [6.45, 7) is 1.92. The van der Waals surface area contributed by atoms with E-state index in [0.717, 1.165) is 29.0 Å². The number of carbonyl (C=O) groups excluding carboxylic acids is 1. The van der Waals surface area contributed by atoms with Gasteiger partial charge in [-0.15, -0.1) is 0 Å². The van der Waals surface area contributed by atoms with Crippen LogP contribution in [0, 0.1) is 6.92 Å². The van der Waals surface area contributed by atoms with E-state index < -0.39 is 11.7 Å². The zero-order valence-electron chi connectivity index (χ0n) is 12.8. The molecule has 0 bridgehead atoms. The third-order valence-corrected chi connectivity index (χ3v) is 3.67. The van der Waals surface area contributed by atoms with E-state index in [1.807, 2.05) is 23.5 Å². The second-order valence-electron chi connectivity index (χ2n) is 5.43. The van der Waals surface area contributed by atoms with Crippen molar-refractivity contribution in [1.29, 1.82) is 0 Å². The molecule has 0 saturated carbocycles. The van der Waals surface area contributed by atoms with Gasteiger partial charge in [-0.05, 0) is 42.8 Å². The van der Waals surface area contributed by atoms with E-state index in [-0.39, 0.29) is 12.3 Å². The van der Waals surface area contributed by atoms with Crippen molar-refractivity contribution >= 4 is 17.2 Å². The normalized spacial score (nSPS) is 11.7. The van der Waals surface area contributed by atoms with Gasteiger partial charge in [0.25, 0.3) is 0 Å². The first-order valence-electron chi connectivity index (χ1n) is 7.23. The topological polar surface area (TPSA) is 46.4 Å². The Labute approximate surface area is 135 Å². The Bertz CT molecular complexity index is 882. The zero-order valence-corrected chi connectivity index (χ0v) is 12.8. The minimum atomic E-state index is -4.39. The standard InChI is InChI=1S/C17H14F3N3O/c1-11-2-7-14(23-9-8-21-16(11)23)10-15(24)22-13-5-3-12(4-6-13)17(18,19)20/h2-9H,10H2,1H3,(H,22,24). The Kier molecular flexibility index (Phi) is 4.01. The van der Waals surface area contributed by atoms with Crippen molar-refractivity contribution in [2.75, 3.05) is 5.32 Å². The number of hydrogen-bond donors (Lipinski definition) is 1. The molecule has 124 valence electrons. The van der Waals surface area contributed by atoms with E-state index in [4.69, 9.17) is 0 Å². The van der Waals surface area contributed by atoms with E-state index >= 15 is 0 Å². The summed E-state index contributed by atoms with van der Waals surface area (Å²) in [4.78, 5) is 16.4. The summed E-state index contributed by atoms with van der Waals surface area (Å²) >= 11 is 0. The monoisotopic (exact) mass is 333 g/mol. The van der Waals surface area contributed by atoms with Crippen molar-refractivity contribution in [3.8, 4) is 0 Å². The van der Waals surface area contributed by atoms with E-state index in [1.165, 1.54) is 12.1 Å². The van der Waals surface area contributed by atoms with Crippen molar-refractivity contribution in [3.05, 3.63) is 65.6 Å². The van der Waals surface area contributed by atoms with Crippen LogP contribution in [0.3, 0.4) is 0 Å². The molecule has 2 aromatic heterocycles.